The molecule has 1 aromatic heterocycles. The molecule has 0 bridgehead atoms. The summed E-state index contributed by atoms with van der Waals surface area (Å²) >= 11 is 0. The van der Waals surface area contributed by atoms with Gasteiger partial charge in [-0.1, -0.05) is 6.92 Å². The first kappa shape index (κ1) is 11.1. The summed E-state index contributed by atoms with van der Waals surface area (Å²) < 4.78 is 2.12. The van der Waals surface area contributed by atoms with Crippen LogP contribution in [0.5, 0.6) is 0 Å². The zero-order chi connectivity index (χ0) is 11.5. The number of rotatable bonds is 4. The molecule has 2 rings (SSSR count). The second kappa shape index (κ2) is 4.63. The third-order valence-electron chi connectivity index (χ3n) is 2.88. The maximum absolute atomic E-state index is 11.5. The van der Waals surface area contributed by atoms with Crippen molar-refractivity contribution in [1.29, 1.82) is 0 Å². The molecule has 0 fully saturated rings. The van der Waals surface area contributed by atoms with Gasteiger partial charge in [-0.3, -0.25) is 4.79 Å². The van der Waals surface area contributed by atoms with Gasteiger partial charge in [-0.15, -0.1) is 10.2 Å². The van der Waals surface area contributed by atoms with Crippen LogP contribution in [0.4, 0.5) is 0 Å². The summed E-state index contributed by atoms with van der Waals surface area (Å²) in [6, 6.07) is -0.0431. The zero-order valence-corrected chi connectivity index (χ0v) is 9.86. The zero-order valence-electron chi connectivity index (χ0n) is 9.86. The number of carbonyl (C=O) groups is 1. The van der Waals surface area contributed by atoms with E-state index < -0.39 is 0 Å². The van der Waals surface area contributed by atoms with Crippen molar-refractivity contribution in [3.8, 4) is 0 Å². The third kappa shape index (κ3) is 2.08. The minimum Gasteiger partial charge on any atom is -0.346 e. The number of aromatic nitrogens is 3. The maximum Gasteiger partial charge on any atom is 0.220 e. The lowest BCUT2D eigenvalue weighted by atomic mass is 10.2. The number of amides is 1. The molecule has 0 aromatic carbocycles. The fraction of sp³-hybridized carbons (Fsp3) is 0.727. The van der Waals surface area contributed by atoms with Gasteiger partial charge < -0.3 is 9.88 Å². The van der Waals surface area contributed by atoms with Crippen LogP contribution in [0.25, 0.3) is 0 Å². The smallest absolute Gasteiger partial charge is 0.220 e. The van der Waals surface area contributed by atoms with Crippen LogP contribution in [-0.2, 0) is 17.8 Å². The van der Waals surface area contributed by atoms with Gasteiger partial charge >= 0.3 is 0 Å². The Morgan fingerprint density at radius 2 is 2.38 bits per heavy atom. The number of aryl methyl sites for hydroxylation is 1. The second-order valence-electron chi connectivity index (χ2n) is 4.27. The Bertz CT molecular complexity index is 385. The molecule has 0 spiro atoms. The summed E-state index contributed by atoms with van der Waals surface area (Å²) in [6.45, 7) is 4.94. The van der Waals surface area contributed by atoms with E-state index >= 15 is 0 Å². The van der Waals surface area contributed by atoms with Crippen molar-refractivity contribution in [2.45, 2.75) is 52.1 Å². The van der Waals surface area contributed by atoms with Crippen LogP contribution >= 0.6 is 0 Å². The van der Waals surface area contributed by atoms with E-state index in [2.05, 4.69) is 20.1 Å². The van der Waals surface area contributed by atoms with Gasteiger partial charge in [0.05, 0.1) is 6.04 Å². The molecule has 0 saturated heterocycles. The van der Waals surface area contributed by atoms with Crippen molar-refractivity contribution < 1.29 is 4.79 Å². The van der Waals surface area contributed by atoms with Crippen LogP contribution in [-0.4, -0.2) is 20.7 Å². The van der Waals surface area contributed by atoms with E-state index in [-0.39, 0.29) is 11.9 Å². The number of carbonyl (C=O) groups excluding carboxylic acids is 1. The Hall–Kier alpha value is -1.39. The molecular formula is C11H18N4O. The lowest BCUT2D eigenvalue weighted by molar-refractivity contribution is -0.121. The molecule has 16 heavy (non-hydrogen) atoms. The summed E-state index contributed by atoms with van der Waals surface area (Å²) in [5.74, 6) is 2.02. The Morgan fingerprint density at radius 1 is 1.56 bits per heavy atom. The molecule has 1 atom stereocenters. The number of nitrogens with one attached hydrogen (secondary N) is 1. The largest absolute Gasteiger partial charge is 0.346 e. The molecule has 1 aromatic rings. The molecule has 1 aliphatic rings. The van der Waals surface area contributed by atoms with E-state index in [1.165, 1.54) is 0 Å². The van der Waals surface area contributed by atoms with Gasteiger partial charge in [-0.05, 0) is 19.8 Å². The molecular weight excluding hydrogens is 204 g/mol. The Morgan fingerprint density at radius 3 is 3.12 bits per heavy atom. The van der Waals surface area contributed by atoms with Gasteiger partial charge in [0.15, 0.2) is 5.82 Å². The van der Waals surface area contributed by atoms with E-state index in [9.17, 15) is 4.79 Å². The van der Waals surface area contributed by atoms with Crippen molar-refractivity contribution >= 4 is 5.91 Å². The summed E-state index contributed by atoms with van der Waals surface area (Å²) in [5, 5.41) is 11.2. The molecule has 1 aliphatic heterocycles. The van der Waals surface area contributed by atoms with Crippen LogP contribution in [0, 0.1) is 0 Å². The van der Waals surface area contributed by atoms with Crippen molar-refractivity contribution in [3.63, 3.8) is 0 Å². The van der Waals surface area contributed by atoms with Crippen LogP contribution in [0.3, 0.4) is 0 Å². The third-order valence-corrected chi connectivity index (χ3v) is 2.88. The Kier molecular flexibility index (Phi) is 3.22. The van der Waals surface area contributed by atoms with Crippen LogP contribution < -0.4 is 5.32 Å². The standard InChI is InChI=1S/C11H18N4O/c1-3-5-10(16)12-8(2)11-14-13-9-6-4-7-15(9)11/h8H,3-7H2,1-2H3,(H,12,16)/t8-/m0/s1. The second-order valence-corrected chi connectivity index (χ2v) is 4.27. The Labute approximate surface area is 95.2 Å². The SMILES string of the molecule is CCCC(=O)N[C@@H](C)c1nnc2n1CCC2. The lowest BCUT2D eigenvalue weighted by Gasteiger charge is -2.13. The van der Waals surface area contributed by atoms with Crippen molar-refractivity contribution in [2.75, 3.05) is 0 Å². The normalized spacial score (nSPS) is 15.9. The summed E-state index contributed by atoms with van der Waals surface area (Å²) in [6.07, 6.45) is 3.58. The van der Waals surface area contributed by atoms with Gasteiger partial charge in [-0.2, -0.15) is 0 Å². The highest BCUT2D eigenvalue weighted by Crippen LogP contribution is 2.18. The van der Waals surface area contributed by atoms with Gasteiger partial charge in [0, 0.05) is 19.4 Å². The highest BCUT2D eigenvalue weighted by atomic mass is 16.1. The number of hydrogen-bond acceptors (Lipinski definition) is 3. The average molecular weight is 222 g/mol. The topological polar surface area (TPSA) is 59.8 Å². The minimum atomic E-state index is -0.0431. The number of hydrogen-bond donors (Lipinski definition) is 1. The average Bonchev–Trinajstić information content (AvgIpc) is 2.77. The molecule has 88 valence electrons. The van der Waals surface area contributed by atoms with Gasteiger partial charge in [0.25, 0.3) is 0 Å². The molecule has 0 radical (unpaired) electrons. The van der Waals surface area contributed by atoms with Gasteiger partial charge in [-0.25, -0.2) is 0 Å². The van der Waals surface area contributed by atoms with Gasteiger partial charge in [0.1, 0.15) is 5.82 Å². The summed E-state index contributed by atoms with van der Waals surface area (Å²) in [4.78, 5) is 11.5. The molecule has 1 amide bonds. The van der Waals surface area contributed by atoms with Gasteiger partial charge in [0.2, 0.25) is 5.91 Å². The van der Waals surface area contributed by atoms with Crippen LogP contribution in [0.2, 0.25) is 0 Å². The van der Waals surface area contributed by atoms with Crippen molar-refractivity contribution in [2.24, 2.45) is 0 Å². The Balaban J connectivity index is 2.03. The number of nitrogens with zero attached hydrogens (tertiary/aromatic N) is 3. The van der Waals surface area contributed by atoms with E-state index in [1.807, 2.05) is 13.8 Å². The predicted octanol–water partition coefficient (Wildman–Crippen LogP) is 1.20. The fourth-order valence-corrected chi connectivity index (χ4v) is 2.10. The van der Waals surface area contributed by atoms with E-state index in [0.29, 0.717) is 6.42 Å². The highest BCUT2D eigenvalue weighted by Gasteiger charge is 2.21. The first-order valence-corrected chi connectivity index (χ1v) is 5.93. The molecule has 5 nitrogen and oxygen atoms in total. The van der Waals surface area contributed by atoms with Crippen molar-refractivity contribution in [3.05, 3.63) is 11.6 Å². The van der Waals surface area contributed by atoms with E-state index in [4.69, 9.17) is 0 Å². The summed E-state index contributed by atoms with van der Waals surface area (Å²) in [5.41, 5.74) is 0. The van der Waals surface area contributed by atoms with Crippen LogP contribution in [0.1, 0.15) is 50.8 Å². The molecule has 5 heteroatoms. The quantitative estimate of drug-likeness (QED) is 0.832. The minimum absolute atomic E-state index is 0.0431. The monoisotopic (exact) mass is 222 g/mol. The number of fused-ring (bicyclic) bond motifs is 1. The van der Waals surface area contributed by atoms with E-state index in [0.717, 1.165) is 37.5 Å². The highest BCUT2D eigenvalue weighted by molar-refractivity contribution is 5.76. The molecule has 1 N–H and O–H groups in total. The molecule has 2 heterocycles. The predicted molar refractivity (Wildman–Crippen MR) is 59.8 cm³/mol. The maximum atomic E-state index is 11.5. The first-order chi connectivity index (χ1) is 7.72. The fourth-order valence-electron chi connectivity index (χ4n) is 2.10. The van der Waals surface area contributed by atoms with Crippen LogP contribution in [0.15, 0.2) is 0 Å². The lowest BCUT2D eigenvalue weighted by Crippen LogP contribution is -2.28. The molecule has 0 unspecified atom stereocenters. The molecule has 0 aliphatic carbocycles. The summed E-state index contributed by atoms with van der Waals surface area (Å²) in [7, 11) is 0. The molecule has 0 saturated carbocycles. The van der Waals surface area contributed by atoms with Crippen molar-refractivity contribution in [1.82, 2.24) is 20.1 Å². The first-order valence-electron chi connectivity index (χ1n) is 5.93. The van der Waals surface area contributed by atoms with E-state index in [1.54, 1.807) is 0 Å².